The molecular weight excluding hydrogens is 311 g/mol. The van der Waals surface area contributed by atoms with Crippen molar-refractivity contribution in [2.45, 2.75) is 0 Å². The van der Waals surface area contributed by atoms with Crippen LogP contribution in [0.1, 0.15) is 10.4 Å². The van der Waals surface area contributed by atoms with Crippen LogP contribution in [0.4, 0.5) is 19.2 Å². The first-order valence-electron chi connectivity index (χ1n) is 6.39. The molecule has 0 saturated heterocycles. The fourth-order valence-electron chi connectivity index (χ4n) is 1.82. The van der Waals surface area contributed by atoms with Crippen molar-refractivity contribution in [1.29, 1.82) is 0 Å². The molecule has 0 atom stereocenters. The standard InChI is InChI=1S/C15H8F3N3O2/c16-9-3-1-8(2-4-9)13(22)19-15-21-20-14(23-15)11-6-5-10(17)7-12(11)18/h1-7H,(H,19,21,22). The number of hydrogen-bond donors (Lipinski definition) is 1. The summed E-state index contributed by atoms with van der Waals surface area (Å²) in [6.45, 7) is 0. The lowest BCUT2D eigenvalue weighted by molar-refractivity contribution is 0.102. The van der Waals surface area contributed by atoms with E-state index in [1.807, 2.05) is 0 Å². The number of aromatic nitrogens is 2. The number of nitrogens with one attached hydrogen (secondary N) is 1. The zero-order valence-corrected chi connectivity index (χ0v) is 11.4. The van der Waals surface area contributed by atoms with Gasteiger partial charge in [-0.15, -0.1) is 5.10 Å². The van der Waals surface area contributed by atoms with E-state index in [-0.39, 0.29) is 23.0 Å². The Morgan fingerprint density at radius 1 is 0.957 bits per heavy atom. The van der Waals surface area contributed by atoms with E-state index in [4.69, 9.17) is 4.42 Å². The minimum atomic E-state index is -0.870. The molecule has 5 nitrogen and oxygen atoms in total. The Morgan fingerprint density at radius 3 is 2.35 bits per heavy atom. The molecular formula is C15H8F3N3O2. The Morgan fingerprint density at radius 2 is 1.65 bits per heavy atom. The van der Waals surface area contributed by atoms with E-state index in [1.165, 1.54) is 12.1 Å². The first-order chi connectivity index (χ1) is 11.0. The van der Waals surface area contributed by atoms with Crippen LogP contribution in [-0.2, 0) is 0 Å². The topological polar surface area (TPSA) is 68.0 Å². The summed E-state index contributed by atoms with van der Waals surface area (Å²) in [6.07, 6.45) is 0. The third-order valence-corrected chi connectivity index (χ3v) is 2.91. The molecule has 0 saturated carbocycles. The van der Waals surface area contributed by atoms with Crippen LogP contribution in [0.3, 0.4) is 0 Å². The average Bonchev–Trinajstić information content (AvgIpc) is 2.96. The van der Waals surface area contributed by atoms with Gasteiger partial charge < -0.3 is 4.42 Å². The molecule has 0 spiro atoms. The monoisotopic (exact) mass is 319 g/mol. The average molecular weight is 319 g/mol. The first kappa shape index (κ1) is 14.8. The number of amides is 1. The van der Waals surface area contributed by atoms with Gasteiger partial charge in [-0.2, -0.15) is 0 Å². The Bertz CT molecular complexity index is 863. The van der Waals surface area contributed by atoms with E-state index in [0.29, 0.717) is 6.07 Å². The number of benzene rings is 2. The van der Waals surface area contributed by atoms with E-state index >= 15 is 0 Å². The van der Waals surface area contributed by atoms with Gasteiger partial charge in [-0.05, 0) is 36.4 Å². The quantitative estimate of drug-likeness (QED) is 0.803. The second kappa shape index (κ2) is 5.91. The molecule has 1 amide bonds. The second-order valence-corrected chi connectivity index (χ2v) is 4.50. The summed E-state index contributed by atoms with van der Waals surface area (Å²) in [6, 6.07) is 7.41. The van der Waals surface area contributed by atoms with E-state index < -0.39 is 23.4 Å². The lowest BCUT2D eigenvalue weighted by Gasteiger charge is -2.00. The molecule has 3 aromatic rings. The highest BCUT2D eigenvalue weighted by Crippen LogP contribution is 2.23. The van der Waals surface area contributed by atoms with E-state index in [2.05, 4.69) is 15.5 Å². The SMILES string of the molecule is O=C(Nc1nnc(-c2ccc(F)cc2F)o1)c1ccc(F)cc1. The molecule has 2 aromatic carbocycles. The van der Waals surface area contributed by atoms with Crippen molar-refractivity contribution in [3.8, 4) is 11.5 Å². The minimum absolute atomic E-state index is 0.0961. The minimum Gasteiger partial charge on any atom is -0.403 e. The van der Waals surface area contributed by atoms with Crippen LogP contribution in [-0.4, -0.2) is 16.1 Å². The van der Waals surface area contributed by atoms with Gasteiger partial charge in [-0.1, -0.05) is 5.10 Å². The summed E-state index contributed by atoms with van der Waals surface area (Å²) >= 11 is 0. The summed E-state index contributed by atoms with van der Waals surface area (Å²) < 4.78 is 44.4. The molecule has 0 fully saturated rings. The number of carbonyl (C=O) groups is 1. The number of hydrogen-bond acceptors (Lipinski definition) is 4. The molecule has 0 radical (unpaired) electrons. The number of anilines is 1. The molecule has 1 aromatic heterocycles. The number of halogens is 3. The summed E-state index contributed by atoms with van der Waals surface area (Å²) in [5.41, 5.74) is 0.0836. The summed E-state index contributed by atoms with van der Waals surface area (Å²) in [5.74, 6) is -2.90. The summed E-state index contributed by atoms with van der Waals surface area (Å²) in [7, 11) is 0. The second-order valence-electron chi connectivity index (χ2n) is 4.50. The van der Waals surface area contributed by atoms with Crippen LogP contribution >= 0.6 is 0 Å². The Hall–Kier alpha value is -3.16. The molecule has 3 rings (SSSR count). The van der Waals surface area contributed by atoms with Crippen molar-refractivity contribution in [2.75, 3.05) is 5.32 Å². The van der Waals surface area contributed by atoms with Crippen LogP contribution in [0, 0.1) is 17.5 Å². The van der Waals surface area contributed by atoms with Crippen LogP contribution in [0.15, 0.2) is 46.9 Å². The maximum atomic E-state index is 13.6. The Balaban J connectivity index is 1.79. The van der Waals surface area contributed by atoms with E-state index in [1.54, 1.807) is 0 Å². The third-order valence-electron chi connectivity index (χ3n) is 2.91. The highest BCUT2D eigenvalue weighted by atomic mass is 19.1. The van der Waals surface area contributed by atoms with Crippen molar-refractivity contribution in [3.05, 3.63) is 65.5 Å². The normalized spacial score (nSPS) is 10.6. The van der Waals surface area contributed by atoms with Gasteiger partial charge in [0.25, 0.3) is 11.8 Å². The maximum absolute atomic E-state index is 13.6. The van der Waals surface area contributed by atoms with Crippen molar-refractivity contribution < 1.29 is 22.4 Å². The lowest BCUT2D eigenvalue weighted by Crippen LogP contribution is -2.12. The molecule has 0 bridgehead atoms. The zero-order valence-electron chi connectivity index (χ0n) is 11.4. The number of carbonyl (C=O) groups excluding carboxylic acids is 1. The number of nitrogens with zero attached hydrogens (tertiary/aromatic N) is 2. The predicted octanol–water partition coefficient (Wildman–Crippen LogP) is 3.41. The van der Waals surface area contributed by atoms with Crippen LogP contribution < -0.4 is 5.32 Å². The largest absolute Gasteiger partial charge is 0.403 e. The first-order valence-corrected chi connectivity index (χ1v) is 6.39. The van der Waals surface area contributed by atoms with Gasteiger partial charge in [0.05, 0.1) is 5.56 Å². The Kier molecular flexibility index (Phi) is 3.80. The molecule has 1 N–H and O–H groups in total. The molecule has 8 heteroatoms. The van der Waals surface area contributed by atoms with Gasteiger partial charge in [-0.25, -0.2) is 13.2 Å². The molecule has 0 aliphatic rings. The predicted molar refractivity (Wildman–Crippen MR) is 74.0 cm³/mol. The molecule has 0 unspecified atom stereocenters. The van der Waals surface area contributed by atoms with Crippen molar-refractivity contribution in [1.82, 2.24) is 10.2 Å². The zero-order chi connectivity index (χ0) is 16.4. The fraction of sp³-hybridized carbons (Fsp3) is 0. The van der Waals surface area contributed by atoms with Crippen LogP contribution in [0.2, 0.25) is 0 Å². The van der Waals surface area contributed by atoms with E-state index in [0.717, 1.165) is 24.3 Å². The fourth-order valence-corrected chi connectivity index (χ4v) is 1.82. The van der Waals surface area contributed by atoms with E-state index in [9.17, 15) is 18.0 Å². The van der Waals surface area contributed by atoms with Gasteiger partial charge in [0.1, 0.15) is 17.5 Å². The summed E-state index contributed by atoms with van der Waals surface area (Å²) in [4.78, 5) is 11.9. The Labute approximate surface area is 127 Å². The van der Waals surface area contributed by atoms with Crippen molar-refractivity contribution in [3.63, 3.8) is 0 Å². The lowest BCUT2D eigenvalue weighted by atomic mass is 10.2. The van der Waals surface area contributed by atoms with Gasteiger partial charge in [0.15, 0.2) is 0 Å². The number of rotatable bonds is 3. The third kappa shape index (κ3) is 3.20. The molecule has 1 heterocycles. The van der Waals surface area contributed by atoms with Crippen molar-refractivity contribution in [2.24, 2.45) is 0 Å². The smallest absolute Gasteiger partial charge is 0.322 e. The highest BCUT2D eigenvalue weighted by molar-refractivity contribution is 6.03. The van der Waals surface area contributed by atoms with Crippen LogP contribution in [0.25, 0.3) is 11.5 Å². The molecule has 23 heavy (non-hydrogen) atoms. The summed E-state index contributed by atoms with van der Waals surface area (Å²) in [5, 5.41) is 9.44. The highest BCUT2D eigenvalue weighted by Gasteiger charge is 2.16. The molecule has 116 valence electrons. The van der Waals surface area contributed by atoms with Gasteiger partial charge in [-0.3, -0.25) is 10.1 Å². The van der Waals surface area contributed by atoms with Crippen molar-refractivity contribution >= 4 is 11.9 Å². The molecule has 0 aliphatic carbocycles. The van der Waals surface area contributed by atoms with Gasteiger partial charge in [0.2, 0.25) is 0 Å². The van der Waals surface area contributed by atoms with Crippen LogP contribution in [0.5, 0.6) is 0 Å². The van der Waals surface area contributed by atoms with Gasteiger partial charge >= 0.3 is 6.01 Å². The van der Waals surface area contributed by atoms with Gasteiger partial charge in [0, 0.05) is 11.6 Å². The molecule has 0 aliphatic heterocycles. The maximum Gasteiger partial charge on any atom is 0.322 e.